The van der Waals surface area contributed by atoms with E-state index in [-0.39, 0.29) is 19.7 Å². The van der Waals surface area contributed by atoms with Gasteiger partial charge in [-0.05, 0) is 49.4 Å². The molecule has 7 nitrogen and oxygen atoms in total. The summed E-state index contributed by atoms with van der Waals surface area (Å²) in [6.45, 7) is 1.87. The Morgan fingerprint density at radius 3 is 2.46 bits per heavy atom. The first-order valence-corrected chi connectivity index (χ1v) is 11.8. The predicted molar refractivity (Wildman–Crippen MR) is 129 cm³/mol. The molecule has 1 amide bonds. The van der Waals surface area contributed by atoms with E-state index >= 15 is 0 Å². The largest absolute Gasteiger partial charge is 0.493 e. The van der Waals surface area contributed by atoms with Crippen molar-refractivity contribution in [3.05, 3.63) is 71.5 Å². The van der Waals surface area contributed by atoms with Gasteiger partial charge in [-0.25, -0.2) is 0 Å². The van der Waals surface area contributed by atoms with E-state index in [0.717, 1.165) is 6.07 Å². The lowest BCUT2D eigenvalue weighted by Gasteiger charge is -2.45. The predicted octanol–water partition coefficient (Wildman–Crippen LogP) is 5.24. The summed E-state index contributed by atoms with van der Waals surface area (Å²) < 4.78 is 59.9. The fourth-order valence-corrected chi connectivity index (χ4v) is 4.98. The van der Waals surface area contributed by atoms with E-state index < -0.39 is 17.5 Å². The first kappa shape index (κ1) is 24.7. The van der Waals surface area contributed by atoms with E-state index in [2.05, 4.69) is 0 Å². The Balaban J connectivity index is 0.00000336. The van der Waals surface area contributed by atoms with Gasteiger partial charge in [0.2, 0.25) is 0 Å². The minimum atomic E-state index is -4.53. The number of ether oxygens (including phenoxy) is 3. The highest BCUT2D eigenvalue weighted by molar-refractivity contribution is 5.95. The van der Waals surface area contributed by atoms with Gasteiger partial charge in [-0.3, -0.25) is 9.59 Å². The zero-order chi connectivity index (χ0) is 26.4. The number of hydrogen-bond donors (Lipinski definition) is 0. The van der Waals surface area contributed by atoms with Crippen molar-refractivity contribution in [3.8, 4) is 22.9 Å². The second-order valence-corrected chi connectivity index (χ2v) is 9.15. The molecule has 196 valence electrons. The van der Waals surface area contributed by atoms with E-state index in [9.17, 15) is 22.8 Å². The van der Waals surface area contributed by atoms with Crippen LogP contribution in [0.15, 0.2) is 54.6 Å². The van der Waals surface area contributed by atoms with Crippen LogP contribution in [-0.4, -0.2) is 48.0 Å². The van der Waals surface area contributed by atoms with E-state index in [0.29, 0.717) is 60.1 Å². The summed E-state index contributed by atoms with van der Waals surface area (Å²) in [6.07, 6.45) is -3.88. The highest BCUT2D eigenvalue weighted by Crippen LogP contribution is 2.48. The lowest BCUT2D eigenvalue weighted by molar-refractivity contribution is -0.143. The van der Waals surface area contributed by atoms with Gasteiger partial charge in [0.05, 0.1) is 18.5 Å². The number of aromatic nitrogens is 1. The van der Waals surface area contributed by atoms with Gasteiger partial charge in [0, 0.05) is 32.9 Å². The number of rotatable bonds is 5. The minimum Gasteiger partial charge on any atom is -0.493 e. The number of benzene rings is 2. The Hall–Kier alpha value is -3.95. The summed E-state index contributed by atoms with van der Waals surface area (Å²) in [7, 11) is 1.44. The number of hydrogen-bond acceptors (Lipinski definition) is 5. The van der Waals surface area contributed by atoms with Crippen LogP contribution in [-0.2, 0) is 16.6 Å². The summed E-state index contributed by atoms with van der Waals surface area (Å²) in [5, 5.41) is 0. The van der Waals surface area contributed by atoms with E-state index in [1.807, 2.05) is 0 Å². The number of carbonyl (C=O) groups excluding carboxylic acids is 2. The molecule has 1 aromatic heterocycles. The topological polar surface area (TPSA) is 70.0 Å². The van der Waals surface area contributed by atoms with Gasteiger partial charge >= 0.3 is 6.18 Å². The molecule has 10 heteroatoms. The maximum atomic E-state index is 13.8. The van der Waals surface area contributed by atoms with Crippen LogP contribution in [0.5, 0.6) is 17.2 Å². The SMILES string of the molecule is COc1cc(C(=O)N2CCC3(CC2)Oc2ccccc2-n2c(C(F)(F)F)ccc23)ccc1OCC(C)=O.[HH]. The monoisotopic (exact) mass is 516 g/mol. The average molecular weight is 517 g/mol. The van der Waals surface area contributed by atoms with Crippen molar-refractivity contribution in [3.63, 3.8) is 0 Å². The van der Waals surface area contributed by atoms with Crippen LogP contribution in [0.3, 0.4) is 0 Å². The lowest BCUT2D eigenvalue weighted by Crippen LogP contribution is -2.50. The Labute approximate surface area is 212 Å². The molecule has 3 aromatic rings. The number of piperidine rings is 1. The van der Waals surface area contributed by atoms with Crippen molar-refractivity contribution < 1.29 is 38.4 Å². The third kappa shape index (κ3) is 4.41. The Kier molecular flexibility index (Phi) is 6.13. The number of nitrogens with zero attached hydrogens (tertiary/aromatic N) is 2. The fraction of sp³-hybridized carbons (Fsp3) is 0.333. The van der Waals surface area contributed by atoms with Crippen LogP contribution in [0.25, 0.3) is 5.69 Å². The van der Waals surface area contributed by atoms with Crippen LogP contribution < -0.4 is 14.2 Å². The molecule has 0 atom stereocenters. The van der Waals surface area contributed by atoms with E-state index in [4.69, 9.17) is 14.2 Å². The van der Waals surface area contributed by atoms with Gasteiger partial charge in [-0.15, -0.1) is 0 Å². The number of likely N-dealkylation sites (tertiary alicyclic amines) is 1. The van der Waals surface area contributed by atoms with Crippen LogP contribution >= 0.6 is 0 Å². The molecule has 0 radical (unpaired) electrons. The molecule has 1 saturated heterocycles. The Bertz CT molecular complexity index is 1360. The average Bonchev–Trinajstić information content (AvgIpc) is 3.35. The zero-order valence-corrected chi connectivity index (χ0v) is 20.3. The summed E-state index contributed by atoms with van der Waals surface area (Å²) in [4.78, 5) is 26.2. The Morgan fingerprint density at radius 2 is 1.78 bits per heavy atom. The van der Waals surface area contributed by atoms with Gasteiger partial charge in [0.25, 0.3) is 5.91 Å². The number of ketones is 1. The molecule has 3 heterocycles. The standard InChI is InChI=1S/C27H25F3N2O5.H2/c1-17(33)16-36-21-8-7-18(15-22(21)35-2)25(34)31-13-11-26(12-14-31)23-9-10-24(27(28,29)30)32(23)19-5-3-4-6-20(19)37-26;/h3-10,15H,11-14,16H2,1-2H3;1H. The molecule has 0 N–H and O–H groups in total. The number of halogens is 3. The quantitative estimate of drug-likeness (QED) is 0.464. The van der Waals surface area contributed by atoms with Crippen molar-refractivity contribution in [1.29, 1.82) is 0 Å². The first-order valence-electron chi connectivity index (χ1n) is 11.8. The summed E-state index contributed by atoms with van der Waals surface area (Å²) >= 11 is 0. The van der Waals surface area contributed by atoms with Crippen molar-refractivity contribution in [2.75, 3.05) is 26.8 Å². The van der Waals surface area contributed by atoms with Gasteiger partial charge in [-0.1, -0.05) is 12.1 Å². The number of Topliss-reactive ketones (excluding diaryl/α,β-unsaturated/α-hetero) is 1. The van der Waals surface area contributed by atoms with Gasteiger partial charge in [-0.2, -0.15) is 13.2 Å². The third-order valence-electron chi connectivity index (χ3n) is 6.75. The number of fused-ring (bicyclic) bond motifs is 4. The van der Waals surface area contributed by atoms with Gasteiger partial charge in [0.1, 0.15) is 18.1 Å². The summed E-state index contributed by atoms with van der Waals surface area (Å²) in [6, 6.07) is 14.0. The molecule has 2 aromatic carbocycles. The van der Waals surface area contributed by atoms with Gasteiger partial charge < -0.3 is 23.7 Å². The number of alkyl halides is 3. The molecule has 1 fully saturated rings. The van der Waals surface area contributed by atoms with Crippen molar-refractivity contribution >= 4 is 11.7 Å². The van der Waals surface area contributed by atoms with Crippen LogP contribution in [0, 0.1) is 0 Å². The number of methoxy groups -OCH3 is 1. The highest BCUT2D eigenvalue weighted by Gasteiger charge is 2.48. The molecule has 5 rings (SSSR count). The fourth-order valence-electron chi connectivity index (χ4n) is 4.98. The summed E-state index contributed by atoms with van der Waals surface area (Å²) in [5.41, 5.74) is -0.593. The molecule has 2 aliphatic rings. The molecule has 0 aliphatic carbocycles. The zero-order valence-electron chi connectivity index (χ0n) is 20.3. The number of amides is 1. The van der Waals surface area contributed by atoms with Crippen LogP contribution in [0.2, 0.25) is 0 Å². The smallest absolute Gasteiger partial charge is 0.431 e. The van der Waals surface area contributed by atoms with E-state index in [1.165, 1.54) is 24.7 Å². The molecule has 0 bridgehead atoms. The maximum Gasteiger partial charge on any atom is 0.431 e. The molecule has 0 saturated carbocycles. The van der Waals surface area contributed by atoms with E-state index in [1.54, 1.807) is 47.4 Å². The van der Waals surface area contributed by atoms with Crippen LogP contribution in [0.4, 0.5) is 13.2 Å². The minimum absolute atomic E-state index is 0. The van der Waals surface area contributed by atoms with Crippen molar-refractivity contribution in [2.24, 2.45) is 0 Å². The van der Waals surface area contributed by atoms with Gasteiger partial charge in [0.15, 0.2) is 22.9 Å². The second kappa shape index (κ2) is 9.17. The summed E-state index contributed by atoms with van der Waals surface area (Å²) in [5.74, 6) is 0.661. The molecular formula is C27H27F3N2O5. The molecular weight excluding hydrogens is 489 g/mol. The van der Waals surface area contributed by atoms with Crippen molar-refractivity contribution in [2.45, 2.75) is 31.5 Å². The molecule has 1 spiro atoms. The van der Waals surface area contributed by atoms with Crippen molar-refractivity contribution in [1.82, 2.24) is 9.47 Å². The van der Waals surface area contributed by atoms with Crippen LogP contribution in [0.1, 0.15) is 42.9 Å². The number of para-hydroxylation sites is 2. The molecule has 0 unspecified atom stereocenters. The second-order valence-electron chi connectivity index (χ2n) is 9.15. The normalized spacial score (nSPS) is 16.0. The Morgan fingerprint density at radius 1 is 1.05 bits per heavy atom. The number of carbonyl (C=O) groups is 2. The first-order chi connectivity index (χ1) is 17.6. The lowest BCUT2D eigenvalue weighted by atomic mass is 9.86. The molecule has 2 aliphatic heterocycles. The third-order valence-corrected chi connectivity index (χ3v) is 6.75. The highest BCUT2D eigenvalue weighted by atomic mass is 19.4. The maximum absolute atomic E-state index is 13.8. The molecule has 37 heavy (non-hydrogen) atoms.